The first-order chi connectivity index (χ1) is 8.60. The summed E-state index contributed by atoms with van der Waals surface area (Å²) in [4.78, 5) is 0. The highest BCUT2D eigenvalue weighted by Gasteiger charge is 2.37. The summed E-state index contributed by atoms with van der Waals surface area (Å²) in [6, 6.07) is 0.139. The fourth-order valence-corrected chi connectivity index (χ4v) is 3.14. The lowest BCUT2D eigenvalue weighted by Gasteiger charge is -2.37. The largest absolute Gasteiger partial charge is 0.415 e. The number of aliphatic hydroxyl groups excluding tert-OH is 1. The molecule has 0 aliphatic heterocycles. The molecule has 0 fully saturated rings. The summed E-state index contributed by atoms with van der Waals surface area (Å²) in [5.41, 5.74) is 0.868. The molecule has 110 valence electrons. The molecule has 4 nitrogen and oxygen atoms in total. The number of halogens is 1. The zero-order valence-electron chi connectivity index (χ0n) is 12.7. The zero-order valence-corrected chi connectivity index (χ0v) is 15.9. The van der Waals surface area contributed by atoms with E-state index in [4.69, 9.17) is 4.43 Å². The van der Waals surface area contributed by atoms with Gasteiger partial charge in [0.15, 0.2) is 8.32 Å². The molecule has 0 saturated carbocycles. The molecule has 1 heterocycles. The maximum atomic E-state index is 9.40. The van der Waals surface area contributed by atoms with Crippen molar-refractivity contribution in [1.29, 1.82) is 0 Å². The van der Waals surface area contributed by atoms with Gasteiger partial charge in [-0.1, -0.05) is 20.8 Å². The average Bonchev–Trinajstić information content (AvgIpc) is 2.65. The number of hydrogen-bond donors (Lipinski definition) is 1. The first-order valence-corrected chi connectivity index (χ1v) is 10.6. The number of aliphatic hydroxyl groups is 1. The van der Waals surface area contributed by atoms with Crippen LogP contribution in [0.1, 0.15) is 39.4 Å². The molecule has 0 unspecified atom stereocenters. The second kappa shape index (κ2) is 6.24. The van der Waals surface area contributed by atoms with Crippen LogP contribution in [-0.2, 0) is 11.0 Å². The third kappa shape index (κ3) is 4.02. The molecule has 1 rings (SSSR count). The zero-order chi connectivity index (χ0) is 14.8. The van der Waals surface area contributed by atoms with E-state index in [2.05, 4.69) is 68.5 Å². The third-order valence-corrected chi connectivity index (χ3v) is 9.31. The van der Waals surface area contributed by atoms with Gasteiger partial charge in [-0.25, -0.2) is 0 Å². The SMILES string of the molecule is C[C@@H](CO[Si](C)(C)C(C)(C)C)n1ncc(I)c1CO. The Labute approximate surface area is 130 Å². The predicted octanol–water partition coefficient (Wildman–Crippen LogP) is 3.56. The van der Waals surface area contributed by atoms with Crippen molar-refractivity contribution >= 4 is 30.9 Å². The number of aromatic nitrogens is 2. The standard InChI is InChI=1S/C13H25IN2O2Si/c1-10(9-18-19(5,6)13(2,3)4)16-12(8-17)11(14)7-15-16/h7,10,17H,8-9H2,1-6H3/t10-/m0/s1. The molecule has 0 spiro atoms. The van der Waals surface area contributed by atoms with E-state index in [9.17, 15) is 5.11 Å². The fourth-order valence-electron chi connectivity index (χ4n) is 1.51. The van der Waals surface area contributed by atoms with Crippen molar-refractivity contribution in [2.24, 2.45) is 0 Å². The second-order valence-corrected chi connectivity index (χ2v) is 12.4. The molecule has 0 aromatic carbocycles. The Morgan fingerprint density at radius 1 is 1.47 bits per heavy atom. The highest BCUT2D eigenvalue weighted by molar-refractivity contribution is 14.1. The van der Waals surface area contributed by atoms with Crippen LogP contribution in [0, 0.1) is 3.57 Å². The highest BCUT2D eigenvalue weighted by Crippen LogP contribution is 2.37. The maximum Gasteiger partial charge on any atom is 0.192 e. The molecule has 1 aromatic rings. The van der Waals surface area contributed by atoms with E-state index < -0.39 is 8.32 Å². The summed E-state index contributed by atoms with van der Waals surface area (Å²) in [7, 11) is -1.73. The number of hydrogen-bond acceptors (Lipinski definition) is 3. The summed E-state index contributed by atoms with van der Waals surface area (Å²) >= 11 is 2.20. The average molecular weight is 396 g/mol. The Morgan fingerprint density at radius 3 is 2.53 bits per heavy atom. The molecule has 1 aromatic heterocycles. The molecule has 0 aliphatic rings. The van der Waals surface area contributed by atoms with Crippen LogP contribution in [0.3, 0.4) is 0 Å². The van der Waals surface area contributed by atoms with E-state index in [1.165, 1.54) is 0 Å². The summed E-state index contributed by atoms with van der Waals surface area (Å²) in [5.74, 6) is 0. The molecule has 0 radical (unpaired) electrons. The van der Waals surface area contributed by atoms with Crippen molar-refractivity contribution in [1.82, 2.24) is 9.78 Å². The van der Waals surface area contributed by atoms with E-state index in [1.807, 2.05) is 4.68 Å². The van der Waals surface area contributed by atoms with Gasteiger partial charge in [-0.3, -0.25) is 4.68 Å². The lowest BCUT2D eigenvalue weighted by Crippen LogP contribution is -2.42. The van der Waals surface area contributed by atoms with Crippen LogP contribution < -0.4 is 0 Å². The topological polar surface area (TPSA) is 47.3 Å². The van der Waals surface area contributed by atoms with Crippen LogP contribution >= 0.6 is 22.6 Å². The molecule has 0 saturated heterocycles. The first kappa shape index (κ1) is 17.1. The van der Waals surface area contributed by atoms with Gasteiger partial charge in [0, 0.05) is 0 Å². The Morgan fingerprint density at radius 2 is 2.05 bits per heavy atom. The molecular formula is C13H25IN2O2Si. The Balaban J connectivity index is 2.73. The molecule has 19 heavy (non-hydrogen) atoms. The Hall–Kier alpha value is 0.0769. The number of rotatable bonds is 5. The van der Waals surface area contributed by atoms with Crippen LogP contribution in [0.4, 0.5) is 0 Å². The van der Waals surface area contributed by atoms with E-state index in [-0.39, 0.29) is 17.7 Å². The van der Waals surface area contributed by atoms with Gasteiger partial charge in [0.25, 0.3) is 0 Å². The van der Waals surface area contributed by atoms with Crippen LogP contribution in [0.25, 0.3) is 0 Å². The van der Waals surface area contributed by atoms with Gasteiger partial charge >= 0.3 is 0 Å². The van der Waals surface area contributed by atoms with Crippen molar-refractivity contribution in [3.63, 3.8) is 0 Å². The summed E-state index contributed by atoms with van der Waals surface area (Å²) in [6.45, 7) is 13.9. The third-order valence-electron chi connectivity index (χ3n) is 3.91. The number of nitrogens with zero attached hydrogens (tertiary/aromatic N) is 2. The minimum Gasteiger partial charge on any atom is -0.415 e. The van der Waals surface area contributed by atoms with Crippen molar-refractivity contribution in [2.45, 2.75) is 58.5 Å². The van der Waals surface area contributed by atoms with Crippen molar-refractivity contribution < 1.29 is 9.53 Å². The van der Waals surface area contributed by atoms with Gasteiger partial charge in [0.2, 0.25) is 0 Å². The van der Waals surface area contributed by atoms with Gasteiger partial charge < -0.3 is 9.53 Å². The minimum atomic E-state index is -1.73. The summed E-state index contributed by atoms with van der Waals surface area (Å²) in [6.07, 6.45) is 1.79. The minimum absolute atomic E-state index is 0.0166. The molecule has 6 heteroatoms. The molecule has 1 N–H and O–H groups in total. The van der Waals surface area contributed by atoms with Crippen molar-refractivity contribution in [3.05, 3.63) is 15.5 Å². The van der Waals surface area contributed by atoms with E-state index in [0.29, 0.717) is 6.61 Å². The van der Waals surface area contributed by atoms with Gasteiger partial charge in [-0.2, -0.15) is 5.10 Å². The summed E-state index contributed by atoms with van der Waals surface area (Å²) in [5, 5.41) is 13.9. The molecule has 1 atom stereocenters. The van der Waals surface area contributed by atoms with E-state index in [0.717, 1.165) is 9.26 Å². The lowest BCUT2D eigenvalue weighted by atomic mass is 10.2. The monoisotopic (exact) mass is 396 g/mol. The Bertz CT molecular complexity index is 427. The van der Waals surface area contributed by atoms with Crippen LogP contribution in [0.2, 0.25) is 18.1 Å². The first-order valence-electron chi connectivity index (χ1n) is 6.57. The smallest absolute Gasteiger partial charge is 0.192 e. The Kier molecular flexibility index (Phi) is 5.62. The molecular weight excluding hydrogens is 371 g/mol. The van der Waals surface area contributed by atoms with Crippen LogP contribution in [0.5, 0.6) is 0 Å². The van der Waals surface area contributed by atoms with Gasteiger partial charge in [-0.05, 0) is 47.6 Å². The van der Waals surface area contributed by atoms with Crippen molar-refractivity contribution in [3.8, 4) is 0 Å². The normalized spacial score (nSPS) is 14.7. The molecule has 0 amide bonds. The van der Waals surface area contributed by atoms with Gasteiger partial charge in [0.1, 0.15) is 0 Å². The fraction of sp³-hybridized carbons (Fsp3) is 0.769. The highest BCUT2D eigenvalue weighted by atomic mass is 127. The van der Waals surface area contributed by atoms with Gasteiger partial charge in [-0.15, -0.1) is 0 Å². The van der Waals surface area contributed by atoms with Gasteiger partial charge in [0.05, 0.1) is 34.7 Å². The quantitative estimate of drug-likeness (QED) is 0.612. The van der Waals surface area contributed by atoms with Crippen LogP contribution in [0.15, 0.2) is 6.20 Å². The van der Waals surface area contributed by atoms with Crippen LogP contribution in [-0.4, -0.2) is 29.8 Å². The van der Waals surface area contributed by atoms with E-state index >= 15 is 0 Å². The van der Waals surface area contributed by atoms with Crippen molar-refractivity contribution in [2.75, 3.05) is 6.61 Å². The molecule has 0 aliphatic carbocycles. The second-order valence-electron chi connectivity index (χ2n) is 6.46. The molecule has 0 bridgehead atoms. The lowest BCUT2D eigenvalue weighted by molar-refractivity contribution is 0.213. The maximum absolute atomic E-state index is 9.40. The summed E-state index contributed by atoms with van der Waals surface area (Å²) < 4.78 is 9.08. The predicted molar refractivity (Wildman–Crippen MR) is 88.7 cm³/mol. The van der Waals surface area contributed by atoms with E-state index in [1.54, 1.807) is 6.20 Å².